The first-order valence-corrected chi connectivity index (χ1v) is 5.06. The SMILES string of the molecule is Brc1ccccc1/C=C/n1ccnc1. The van der Waals surface area contributed by atoms with E-state index in [1.165, 1.54) is 0 Å². The quantitative estimate of drug-likeness (QED) is 0.798. The van der Waals surface area contributed by atoms with Crippen molar-refractivity contribution < 1.29 is 0 Å². The predicted molar refractivity (Wildman–Crippen MR) is 61.6 cm³/mol. The van der Waals surface area contributed by atoms with Crippen LogP contribution in [0.1, 0.15) is 5.56 Å². The van der Waals surface area contributed by atoms with Gasteiger partial charge in [-0.05, 0) is 17.7 Å². The maximum atomic E-state index is 3.96. The van der Waals surface area contributed by atoms with Gasteiger partial charge in [0.25, 0.3) is 0 Å². The maximum Gasteiger partial charge on any atom is 0.0986 e. The first kappa shape index (κ1) is 9.21. The summed E-state index contributed by atoms with van der Waals surface area (Å²) >= 11 is 3.48. The van der Waals surface area contributed by atoms with Crippen LogP contribution in [0, 0.1) is 0 Å². The summed E-state index contributed by atoms with van der Waals surface area (Å²) in [5, 5.41) is 0. The Labute approximate surface area is 91.0 Å². The second kappa shape index (κ2) is 4.24. The average Bonchev–Trinajstić information content (AvgIpc) is 2.69. The molecule has 0 atom stereocenters. The Kier molecular flexibility index (Phi) is 2.79. The fourth-order valence-electron chi connectivity index (χ4n) is 1.13. The molecule has 14 heavy (non-hydrogen) atoms. The summed E-state index contributed by atoms with van der Waals surface area (Å²) in [5.74, 6) is 0. The van der Waals surface area contributed by atoms with Crippen LogP contribution in [0.25, 0.3) is 12.3 Å². The van der Waals surface area contributed by atoms with Gasteiger partial charge in [0, 0.05) is 23.1 Å². The highest BCUT2D eigenvalue weighted by Crippen LogP contribution is 2.17. The van der Waals surface area contributed by atoms with Crippen molar-refractivity contribution in [1.29, 1.82) is 0 Å². The van der Waals surface area contributed by atoms with E-state index >= 15 is 0 Å². The number of benzene rings is 1. The second-order valence-corrected chi connectivity index (χ2v) is 3.70. The van der Waals surface area contributed by atoms with Crippen molar-refractivity contribution in [2.24, 2.45) is 0 Å². The molecule has 2 nitrogen and oxygen atoms in total. The maximum absolute atomic E-state index is 3.96. The number of nitrogens with zero attached hydrogens (tertiary/aromatic N) is 2. The molecule has 0 radical (unpaired) electrons. The smallest absolute Gasteiger partial charge is 0.0986 e. The van der Waals surface area contributed by atoms with Gasteiger partial charge in [-0.3, -0.25) is 0 Å². The van der Waals surface area contributed by atoms with Gasteiger partial charge in [-0.25, -0.2) is 4.98 Å². The lowest BCUT2D eigenvalue weighted by molar-refractivity contribution is 1.14. The average molecular weight is 249 g/mol. The fraction of sp³-hybridized carbons (Fsp3) is 0. The fourth-order valence-corrected chi connectivity index (χ4v) is 1.55. The van der Waals surface area contributed by atoms with Crippen molar-refractivity contribution in [1.82, 2.24) is 9.55 Å². The Morgan fingerprint density at radius 2 is 2.14 bits per heavy atom. The summed E-state index contributed by atoms with van der Waals surface area (Å²) in [6.45, 7) is 0. The van der Waals surface area contributed by atoms with Crippen molar-refractivity contribution in [3.8, 4) is 0 Å². The molecule has 2 aromatic rings. The monoisotopic (exact) mass is 248 g/mol. The molecule has 1 heterocycles. The van der Waals surface area contributed by atoms with E-state index in [0.717, 1.165) is 10.0 Å². The van der Waals surface area contributed by atoms with Gasteiger partial charge < -0.3 is 4.57 Å². The minimum Gasteiger partial charge on any atom is -0.313 e. The van der Waals surface area contributed by atoms with E-state index in [1.54, 1.807) is 12.5 Å². The number of rotatable bonds is 2. The third-order valence-corrected chi connectivity index (χ3v) is 2.58. The lowest BCUT2D eigenvalue weighted by Crippen LogP contribution is -1.79. The standard InChI is InChI=1S/C11H9BrN2/c12-11-4-2-1-3-10(11)5-7-14-8-6-13-9-14/h1-9H/b7-5+. The van der Waals surface area contributed by atoms with Crippen LogP contribution < -0.4 is 0 Å². The van der Waals surface area contributed by atoms with Crippen molar-refractivity contribution in [2.45, 2.75) is 0 Å². The zero-order valence-corrected chi connectivity index (χ0v) is 9.05. The molecule has 0 fully saturated rings. The molecule has 0 spiro atoms. The van der Waals surface area contributed by atoms with Crippen molar-refractivity contribution in [3.63, 3.8) is 0 Å². The minimum atomic E-state index is 1.09. The van der Waals surface area contributed by atoms with Crippen LogP contribution in [0.4, 0.5) is 0 Å². The number of hydrogen-bond acceptors (Lipinski definition) is 1. The van der Waals surface area contributed by atoms with Gasteiger partial charge >= 0.3 is 0 Å². The molecule has 0 amide bonds. The minimum absolute atomic E-state index is 1.09. The van der Waals surface area contributed by atoms with Gasteiger partial charge in [0.2, 0.25) is 0 Å². The summed E-state index contributed by atoms with van der Waals surface area (Å²) in [4.78, 5) is 3.96. The lowest BCUT2D eigenvalue weighted by atomic mass is 10.2. The summed E-state index contributed by atoms with van der Waals surface area (Å²) in [6, 6.07) is 8.09. The van der Waals surface area contributed by atoms with Crippen molar-refractivity contribution in [2.75, 3.05) is 0 Å². The van der Waals surface area contributed by atoms with E-state index in [9.17, 15) is 0 Å². The molecule has 0 aliphatic rings. The molecule has 3 heteroatoms. The van der Waals surface area contributed by atoms with Crippen molar-refractivity contribution >= 4 is 28.2 Å². The highest BCUT2D eigenvalue weighted by molar-refractivity contribution is 9.10. The molecule has 2 rings (SSSR count). The summed E-state index contributed by atoms with van der Waals surface area (Å²) in [7, 11) is 0. The first-order chi connectivity index (χ1) is 6.86. The highest BCUT2D eigenvalue weighted by Gasteiger charge is 1.91. The number of halogens is 1. The molecule has 70 valence electrons. The van der Waals surface area contributed by atoms with Crippen LogP contribution in [0.5, 0.6) is 0 Å². The number of imidazole rings is 1. The molecule has 0 unspecified atom stereocenters. The highest BCUT2D eigenvalue weighted by atomic mass is 79.9. The molecule has 1 aromatic carbocycles. The summed E-state index contributed by atoms with van der Waals surface area (Å²) in [6.07, 6.45) is 9.41. The van der Waals surface area contributed by atoms with Crippen LogP contribution in [0.3, 0.4) is 0 Å². The zero-order valence-electron chi connectivity index (χ0n) is 7.47. The Morgan fingerprint density at radius 1 is 1.29 bits per heavy atom. The molecule has 0 bridgehead atoms. The number of aromatic nitrogens is 2. The topological polar surface area (TPSA) is 17.8 Å². The second-order valence-electron chi connectivity index (χ2n) is 2.85. The van der Waals surface area contributed by atoms with E-state index in [1.807, 2.05) is 41.2 Å². The normalized spacial score (nSPS) is 10.9. The Hall–Kier alpha value is -1.35. The zero-order chi connectivity index (χ0) is 9.80. The molecule has 0 saturated carbocycles. The molecule has 0 N–H and O–H groups in total. The van der Waals surface area contributed by atoms with E-state index in [-0.39, 0.29) is 0 Å². The van der Waals surface area contributed by atoms with E-state index < -0.39 is 0 Å². The Bertz CT molecular complexity index is 432. The Balaban J connectivity index is 2.23. The lowest BCUT2D eigenvalue weighted by Gasteiger charge is -1.96. The van der Waals surface area contributed by atoms with Crippen LogP contribution in [-0.2, 0) is 0 Å². The van der Waals surface area contributed by atoms with Crippen LogP contribution in [-0.4, -0.2) is 9.55 Å². The molecule has 0 aliphatic heterocycles. The summed E-state index contributed by atoms with van der Waals surface area (Å²) < 4.78 is 3.00. The summed E-state index contributed by atoms with van der Waals surface area (Å²) in [5.41, 5.74) is 1.15. The molecule has 0 saturated heterocycles. The van der Waals surface area contributed by atoms with Crippen LogP contribution in [0.2, 0.25) is 0 Å². The number of hydrogen-bond donors (Lipinski definition) is 0. The van der Waals surface area contributed by atoms with E-state index in [0.29, 0.717) is 0 Å². The third-order valence-electron chi connectivity index (χ3n) is 1.86. The third kappa shape index (κ3) is 2.12. The largest absolute Gasteiger partial charge is 0.313 e. The van der Waals surface area contributed by atoms with Crippen molar-refractivity contribution in [3.05, 3.63) is 53.0 Å². The first-order valence-electron chi connectivity index (χ1n) is 4.26. The van der Waals surface area contributed by atoms with E-state index in [4.69, 9.17) is 0 Å². The van der Waals surface area contributed by atoms with Gasteiger partial charge in [0.1, 0.15) is 0 Å². The molecular formula is C11H9BrN2. The van der Waals surface area contributed by atoms with Gasteiger partial charge in [-0.2, -0.15) is 0 Å². The van der Waals surface area contributed by atoms with Gasteiger partial charge in [-0.1, -0.05) is 34.1 Å². The van der Waals surface area contributed by atoms with E-state index in [2.05, 4.69) is 27.0 Å². The van der Waals surface area contributed by atoms with Gasteiger partial charge in [0.15, 0.2) is 0 Å². The van der Waals surface area contributed by atoms with Gasteiger partial charge in [0.05, 0.1) is 6.33 Å². The predicted octanol–water partition coefficient (Wildman–Crippen LogP) is 3.27. The molecular weight excluding hydrogens is 240 g/mol. The van der Waals surface area contributed by atoms with Crippen LogP contribution in [0.15, 0.2) is 47.5 Å². The van der Waals surface area contributed by atoms with Gasteiger partial charge in [-0.15, -0.1) is 0 Å². The molecule has 0 aliphatic carbocycles. The van der Waals surface area contributed by atoms with Crippen LogP contribution >= 0.6 is 15.9 Å². The Morgan fingerprint density at radius 3 is 2.86 bits per heavy atom. The molecule has 1 aromatic heterocycles.